The van der Waals surface area contributed by atoms with Gasteiger partial charge >= 0.3 is 12.5 Å². The van der Waals surface area contributed by atoms with E-state index in [1.165, 1.54) is 0 Å². The quantitative estimate of drug-likeness (QED) is 0.922. The zero-order valence-electron chi connectivity index (χ0n) is 13.5. The number of benzene rings is 1. The Morgan fingerprint density at radius 1 is 1.32 bits per heavy atom. The predicted molar refractivity (Wildman–Crippen MR) is 85.1 cm³/mol. The van der Waals surface area contributed by atoms with E-state index in [4.69, 9.17) is 0 Å². The van der Waals surface area contributed by atoms with Crippen LogP contribution in [0.25, 0.3) is 11.4 Å². The average molecular weight is 348 g/mol. The molecule has 132 valence electrons. The minimum atomic E-state index is -2.78. The van der Waals surface area contributed by atoms with E-state index < -0.39 is 12.3 Å². The summed E-state index contributed by atoms with van der Waals surface area (Å²) in [6.07, 6.45) is 0.980. The number of urea groups is 1. The van der Waals surface area contributed by atoms with Gasteiger partial charge in [-0.05, 0) is 42.9 Å². The Morgan fingerprint density at radius 2 is 2.12 bits per heavy atom. The number of rotatable bonds is 3. The molecule has 1 atom stereocenters. The van der Waals surface area contributed by atoms with Crippen molar-refractivity contribution in [2.24, 2.45) is 0 Å². The van der Waals surface area contributed by atoms with Crippen molar-refractivity contribution in [3.8, 4) is 11.4 Å². The Balaban J connectivity index is 1.50. The number of amides is 2. The van der Waals surface area contributed by atoms with Gasteiger partial charge in [-0.15, -0.1) is 0 Å². The van der Waals surface area contributed by atoms with Crippen LogP contribution >= 0.6 is 0 Å². The molecule has 1 fully saturated rings. The van der Waals surface area contributed by atoms with Crippen molar-refractivity contribution in [3.63, 3.8) is 0 Å². The number of hydrogen-bond donors (Lipinski definition) is 1. The molecule has 0 spiro atoms. The van der Waals surface area contributed by atoms with Crippen LogP contribution in [0.2, 0.25) is 0 Å². The van der Waals surface area contributed by atoms with Gasteiger partial charge in [0.25, 0.3) is 5.89 Å². The average Bonchev–Trinajstić information content (AvgIpc) is 3.35. The number of carbonyl (C=O) groups is 1. The second-order valence-electron chi connectivity index (χ2n) is 6.41. The SMILES string of the molecule is O=C(N[C@@H]1CCc2cc(-c3noc(C(F)F)n3)ccc21)N1CCCC1. The summed E-state index contributed by atoms with van der Waals surface area (Å²) in [4.78, 5) is 17.8. The van der Waals surface area contributed by atoms with Gasteiger partial charge in [-0.25, -0.2) is 4.79 Å². The summed E-state index contributed by atoms with van der Waals surface area (Å²) >= 11 is 0. The minimum Gasteiger partial charge on any atom is -0.333 e. The zero-order valence-corrected chi connectivity index (χ0v) is 13.5. The normalized spacial score (nSPS) is 19.5. The van der Waals surface area contributed by atoms with Gasteiger partial charge in [-0.3, -0.25) is 0 Å². The highest BCUT2D eigenvalue weighted by Gasteiger charge is 2.27. The van der Waals surface area contributed by atoms with Crippen LogP contribution in [0.1, 0.15) is 48.7 Å². The lowest BCUT2D eigenvalue weighted by Gasteiger charge is -2.20. The third-order valence-corrected chi connectivity index (χ3v) is 4.80. The van der Waals surface area contributed by atoms with E-state index >= 15 is 0 Å². The van der Waals surface area contributed by atoms with Crippen LogP contribution in [0.4, 0.5) is 13.6 Å². The van der Waals surface area contributed by atoms with Crippen LogP contribution in [0.5, 0.6) is 0 Å². The van der Waals surface area contributed by atoms with Gasteiger partial charge in [-0.2, -0.15) is 13.8 Å². The van der Waals surface area contributed by atoms with Crippen LogP contribution < -0.4 is 5.32 Å². The number of nitrogens with zero attached hydrogens (tertiary/aromatic N) is 3. The monoisotopic (exact) mass is 348 g/mol. The molecule has 1 aromatic heterocycles. The number of halogens is 2. The molecule has 4 rings (SSSR count). The molecule has 1 aliphatic heterocycles. The molecule has 25 heavy (non-hydrogen) atoms. The lowest BCUT2D eigenvalue weighted by atomic mass is 10.0. The van der Waals surface area contributed by atoms with Crippen LogP contribution in [-0.4, -0.2) is 34.2 Å². The first-order valence-electron chi connectivity index (χ1n) is 8.42. The summed E-state index contributed by atoms with van der Waals surface area (Å²) in [5.74, 6) is -0.520. The molecule has 2 amide bonds. The van der Waals surface area contributed by atoms with Gasteiger partial charge in [0.1, 0.15) is 0 Å². The third kappa shape index (κ3) is 3.08. The Kier molecular flexibility index (Phi) is 4.10. The molecule has 8 heteroatoms. The molecule has 2 heterocycles. The van der Waals surface area contributed by atoms with Crippen LogP contribution in [0.3, 0.4) is 0 Å². The summed E-state index contributed by atoms with van der Waals surface area (Å²) in [7, 11) is 0. The second-order valence-corrected chi connectivity index (χ2v) is 6.41. The number of nitrogens with one attached hydrogen (secondary N) is 1. The molecular weight excluding hydrogens is 330 g/mol. The Bertz CT molecular complexity index is 787. The first-order valence-corrected chi connectivity index (χ1v) is 8.42. The summed E-state index contributed by atoms with van der Waals surface area (Å²) in [6, 6.07) is 5.54. The van der Waals surface area contributed by atoms with E-state index in [2.05, 4.69) is 20.0 Å². The van der Waals surface area contributed by atoms with Crippen LogP contribution in [-0.2, 0) is 6.42 Å². The lowest BCUT2D eigenvalue weighted by Crippen LogP contribution is -2.39. The van der Waals surface area contributed by atoms with Gasteiger partial charge < -0.3 is 14.7 Å². The number of aryl methyl sites for hydroxylation is 1. The number of carbonyl (C=O) groups excluding carboxylic acids is 1. The van der Waals surface area contributed by atoms with Gasteiger partial charge in [0.2, 0.25) is 5.82 Å². The van der Waals surface area contributed by atoms with E-state index in [-0.39, 0.29) is 17.9 Å². The molecule has 1 N–H and O–H groups in total. The number of fused-ring (bicyclic) bond motifs is 1. The molecule has 6 nitrogen and oxygen atoms in total. The number of alkyl halides is 2. The van der Waals surface area contributed by atoms with E-state index in [0.29, 0.717) is 5.56 Å². The van der Waals surface area contributed by atoms with E-state index in [9.17, 15) is 13.6 Å². The molecule has 1 aromatic carbocycles. The maximum Gasteiger partial charge on any atom is 0.317 e. The van der Waals surface area contributed by atoms with Crippen LogP contribution in [0.15, 0.2) is 22.7 Å². The van der Waals surface area contributed by atoms with Gasteiger partial charge in [-0.1, -0.05) is 17.3 Å². The van der Waals surface area contributed by atoms with Crippen molar-refractivity contribution in [2.75, 3.05) is 13.1 Å². The van der Waals surface area contributed by atoms with Crippen molar-refractivity contribution < 1.29 is 18.1 Å². The van der Waals surface area contributed by atoms with Gasteiger partial charge in [0, 0.05) is 18.7 Å². The van der Waals surface area contributed by atoms with E-state index in [1.807, 2.05) is 17.0 Å². The molecule has 0 saturated carbocycles. The highest BCUT2D eigenvalue weighted by molar-refractivity contribution is 5.75. The smallest absolute Gasteiger partial charge is 0.317 e. The molecule has 2 aliphatic rings. The van der Waals surface area contributed by atoms with Crippen LogP contribution in [0, 0.1) is 0 Å². The fraction of sp³-hybridized carbons (Fsp3) is 0.471. The second kappa shape index (κ2) is 6.42. The summed E-state index contributed by atoms with van der Waals surface area (Å²) in [6.45, 7) is 1.63. The third-order valence-electron chi connectivity index (χ3n) is 4.80. The molecule has 1 saturated heterocycles. The van der Waals surface area contributed by atoms with Crippen molar-refractivity contribution in [1.82, 2.24) is 20.4 Å². The molecule has 0 unspecified atom stereocenters. The fourth-order valence-corrected chi connectivity index (χ4v) is 3.51. The van der Waals surface area contributed by atoms with E-state index in [0.717, 1.165) is 49.9 Å². The summed E-state index contributed by atoms with van der Waals surface area (Å²) < 4.78 is 29.7. The first kappa shape index (κ1) is 16.0. The molecule has 0 bridgehead atoms. The Morgan fingerprint density at radius 3 is 2.84 bits per heavy atom. The fourth-order valence-electron chi connectivity index (χ4n) is 3.51. The van der Waals surface area contributed by atoms with Gasteiger partial charge in [0.05, 0.1) is 6.04 Å². The molecule has 0 radical (unpaired) electrons. The topological polar surface area (TPSA) is 71.3 Å². The number of aromatic nitrogens is 2. The van der Waals surface area contributed by atoms with Crippen molar-refractivity contribution in [1.29, 1.82) is 0 Å². The molecule has 2 aromatic rings. The summed E-state index contributed by atoms with van der Waals surface area (Å²) in [5.41, 5.74) is 2.78. The Labute approximate surface area is 143 Å². The number of hydrogen-bond acceptors (Lipinski definition) is 4. The van der Waals surface area contributed by atoms with Crippen molar-refractivity contribution >= 4 is 6.03 Å². The van der Waals surface area contributed by atoms with Crippen molar-refractivity contribution in [3.05, 3.63) is 35.2 Å². The minimum absolute atomic E-state index is 0.0147. The standard InChI is InChI=1S/C17H18F2N4O2/c18-14(19)16-21-15(22-25-16)11-3-5-12-10(9-11)4-6-13(12)20-17(24)23-7-1-2-8-23/h3,5,9,13-14H,1-2,4,6-8H2,(H,20,24)/t13-/m1/s1. The van der Waals surface area contributed by atoms with Crippen molar-refractivity contribution in [2.45, 2.75) is 38.2 Å². The Hall–Kier alpha value is -2.51. The first-order chi connectivity index (χ1) is 12.1. The van der Waals surface area contributed by atoms with E-state index in [1.54, 1.807) is 6.07 Å². The maximum atomic E-state index is 12.6. The predicted octanol–water partition coefficient (Wildman–Crippen LogP) is 3.47. The lowest BCUT2D eigenvalue weighted by molar-refractivity contribution is 0.106. The molecule has 1 aliphatic carbocycles. The van der Waals surface area contributed by atoms with Gasteiger partial charge in [0.15, 0.2) is 0 Å². The largest absolute Gasteiger partial charge is 0.333 e. The maximum absolute atomic E-state index is 12.6. The highest BCUT2D eigenvalue weighted by atomic mass is 19.3. The summed E-state index contributed by atoms with van der Waals surface area (Å²) in [5, 5.41) is 6.70. The molecular formula is C17H18F2N4O2. The highest BCUT2D eigenvalue weighted by Crippen LogP contribution is 2.34. The zero-order chi connectivity index (χ0) is 17.4. The number of likely N-dealkylation sites (tertiary alicyclic amines) is 1.